The molecule has 1 amide bonds. The first kappa shape index (κ1) is 15.1. The summed E-state index contributed by atoms with van der Waals surface area (Å²) in [4.78, 5) is 26.1. The van der Waals surface area contributed by atoms with Gasteiger partial charge in [0.15, 0.2) is 0 Å². The number of carbonyl (C=O) groups is 1. The van der Waals surface area contributed by atoms with Crippen molar-refractivity contribution in [3.63, 3.8) is 0 Å². The minimum Gasteiger partial charge on any atom is -0.348 e. The van der Waals surface area contributed by atoms with E-state index in [0.717, 1.165) is 11.8 Å². The highest BCUT2D eigenvalue weighted by Gasteiger charge is 2.15. The van der Waals surface area contributed by atoms with E-state index in [4.69, 9.17) is 5.26 Å². The lowest BCUT2D eigenvalue weighted by Crippen LogP contribution is -2.24. The van der Waals surface area contributed by atoms with E-state index < -0.39 is 10.8 Å². The summed E-state index contributed by atoms with van der Waals surface area (Å²) in [5.74, 6) is -0.432. The van der Waals surface area contributed by atoms with E-state index >= 15 is 0 Å². The number of hydrogen-bond donors (Lipinski definition) is 1. The molecule has 1 heterocycles. The highest BCUT2D eigenvalue weighted by Crippen LogP contribution is 2.14. The Bertz CT molecular complexity index is 763. The van der Waals surface area contributed by atoms with Crippen molar-refractivity contribution in [2.24, 2.45) is 0 Å². The van der Waals surface area contributed by atoms with Gasteiger partial charge in [0.05, 0.1) is 27.8 Å². The fourth-order valence-electron chi connectivity index (χ4n) is 1.83. The highest BCUT2D eigenvalue weighted by atomic mass is 16.6. The van der Waals surface area contributed by atoms with Crippen molar-refractivity contribution in [2.45, 2.75) is 13.5 Å². The molecule has 0 fully saturated rings. The molecule has 0 radical (unpaired) electrons. The second kappa shape index (κ2) is 6.45. The Morgan fingerprint density at radius 3 is 2.68 bits per heavy atom. The fourth-order valence-corrected chi connectivity index (χ4v) is 1.83. The summed E-state index contributed by atoms with van der Waals surface area (Å²) < 4.78 is 0. The predicted octanol–water partition coefficient (Wildman–Crippen LogP) is 2.10. The summed E-state index contributed by atoms with van der Waals surface area (Å²) in [7, 11) is 0. The Morgan fingerprint density at radius 1 is 1.41 bits per heavy atom. The number of amides is 1. The quantitative estimate of drug-likeness (QED) is 0.686. The van der Waals surface area contributed by atoms with Crippen LogP contribution < -0.4 is 5.32 Å². The van der Waals surface area contributed by atoms with Crippen molar-refractivity contribution < 1.29 is 9.72 Å². The number of rotatable bonds is 4. The predicted molar refractivity (Wildman–Crippen MR) is 78.0 cm³/mol. The molecule has 1 N–H and O–H groups in total. The van der Waals surface area contributed by atoms with Gasteiger partial charge < -0.3 is 5.32 Å². The van der Waals surface area contributed by atoms with Crippen molar-refractivity contribution in [3.8, 4) is 6.07 Å². The molecule has 2 rings (SSSR count). The van der Waals surface area contributed by atoms with Crippen molar-refractivity contribution in [1.82, 2.24) is 10.3 Å². The highest BCUT2D eigenvalue weighted by molar-refractivity contribution is 5.95. The number of hydrogen-bond acceptors (Lipinski definition) is 5. The summed E-state index contributed by atoms with van der Waals surface area (Å²) in [5.41, 5.74) is 1.72. The van der Waals surface area contributed by atoms with Crippen LogP contribution in [0.4, 0.5) is 5.69 Å². The van der Waals surface area contributed by atoms with Crippen LogP contribution in [-0.2, 0) is 6.54 Å². The monoisotopic (exact) mass is 296 g/mol. The van der Waals surface area contributed by atoms with Crippen molar-refractivity contribution in [2.75, 3.05) is 0 Å². The summed E-state index contributed by atoms with van der Waals surface area (Å²) >= 11 is 0. The molecule has 110 valence electrons. The van der Waals surface area contributed by atoms with Gasteiger partial charge in [-0.2, -0.15) is 5.26 Å². The van der Waals surface area contributed by atoms with E-state index in [9.17, 15) is 14.9 Å². The third kappa shape index (κ3) is 3.43. The zero-order valence-corrected chi connectivity index (χ0v) is 11.7. The lowest BCUT2D eigenvalue weighted by atomic mass is 10.1. The van der Waals surface area contributed by atoms with Crippen molar-refractivity contribution >= 4 is 11.6 Å². The Morgan fingerprint density at radius 2 is 2.09 bits per heavy atom. The van der Waals surface area contributed by atoms with Gasteiger partial charge in [0.25, 0.3) is 11.6 Å². The minimum absolute atomic E-state index is 0.169. The normalized spacial score (nSPS) is 9.82. The third-order valence-electron chi connectivity index (χ3n) is 3.06. The molecule has 2 aromatic rings. The number of nitriles is 1. The van der Waals surface area contributed by atoms with Crippen LogP contribution in [0, 0.1) is 28.4 Å². The topological polar surface area (TPSA) is 109 Å². The van der Waals surface area contributed by atoms with Crippen molar-refractivity contribution in [1.29, 1.82) is 5.26 Å². The molecule has 7 heteroatoms. The third-order valence-corrected chi connectivity index (χ3v) is 3.06. The van der Waals surface area contributed by atoms with Crippen LogP contribution in [0.2, 0.25) is 0 Å². The molecule has 1 aromatic carbocycles. The molecule has 0 atom stereocenters. The summed E-state index contributed by atoms with van der Waals surface area (Å²) in [5, 5.41) is 22.1. The number of pyridine rings is 1. The Kier molecular flexibility index (Phi) is 4.44. The number of nitro groups is 1. The molecule has 0 aliphatic rings. The average Bonchev–Trinajstić information content (AvgIpc) is 2.53. The summed E-state index contributed by atoms with van der Waals surface area (Å²) in [6.45, 7) is 1.87. The Hall–Kier alpha value is -3.27. The Labute approximate surface area is 126 Å². The number of carbonyl (C=O) groups excluding carboxylic acids is 1. The smallest absolute Gasteiger partial charge is 0.288 e. The lowest BCUT2D eigenvalue weighted by molar-refractivity contribution is -0.385. The van der Waals surface area contributed by atoms with Crippen LogP contribution in [0.3, 0.4) is 0 Å². The fraction of sp³-hybridized carbons (Fsp3) is 0.133. The molecular weight excluding hydrogens is 284 g/mol. The molecule has 7 nitrogen and oxygen atoms in total. The molecule has 22 heavy (non-hydrogen) atoms. The number of aromatic nitrogens is 1. The van der Waals surface area contributed by atoms with Gasteiger partial charge in [0.1, 0.15) is 6.20 Å². The molecule has 0 saturated heterocycles. The van der Waals surface area contributed by atoms with Gasteiger partial charge >= 0.3 is 0 Å². The SMILES string of the molecule is Cc1ncc([N+](=O)[O-])cc1C(=O)NCc1ccc(C#N)cc1. The summed E-state index contributed by atoms with van der Waals surface area (Å²) in [6.07, 6.45) is 1.12. The maximum Gasteiger partial charge on any atom is 0.288 e. The zero-order chi connectivity index (χ0) is 16.1. The number of nitrogens with zero attached hydrogens (tertiary/aromatic N) is 3. The van der Waals surface area contributed by atoms with Crippen LogP contribution in [0.15, 0.2) is 36.5 Å². The molecule has 0 saturated carbocycles. The van der Waals surface area contributed by atoms with E-state index in [1.807, 2.05) is 6.07 Å². The Balaban J connectivity index is 2.10. The molecule has 0 spiro atoms. The van der Waals surface area contributed by atoms with Crippen LogP contribution in [-0.4, -0.2) is 15.8 Å². The first-order valence-electron chi connectivity index (χ1n) is 6.39. The van der Waals surface area contributed by atoms with Gasteiger partial charge in [0.2, 0.25) is 0 Å². The maximum atomic E-state index is 12.1. The largest absolute Gasteiger partial charge is 0.348 e. The second-order valence-electron chi connectivity index (χ2n) is 4.58. The number of nitrogens with one attached hydrogen (secondary N) is 1. The van der Waals surface area contributed by atoms with Gasteiger partial charge in [-0.05, 0) is 24.6 Å². The van der Waals surface area contributed by atoms with Crippen LogP contribution >= 0.6 is 0 Å². The van der Waals surface area contributed by atoms with Gasteiger partial charge in [-0.25, -0.2) is 0 Å². The van der Waals surface area contributed by atoms with Gasteiger partial charge in [0, 0.05) is 12.6 Å². The zero-order valence-electron chi connectivity index (χ0n) is 11.7. The molecule has 0 unspecified atom stereocenters. The lowest BCUT2D eigenvalue weighted by Gasteiger charge is -2.07. The second-order valence-corrected chi connectivity index (χ2v) is 4.58. The average molecular weight is 296 g/mol. The van der Waals surface area contributed by atoms with Gasteiger partial charge in [-0.15, -0.1) is 0 Å². The van der Waals surface area contributed by atoms with Crippen molar-refractivity contribution in [3.05, 3.63) is 69.0 Å². The molecule has 0 bridgehead atoms. The molecule has 0 aliphatic carbocycles. The summed E-state index contributed by atoms with van der Waals surface area (Å²) in [6, 6.07) is 9.99. The van der Waals surface area contributed by atoms with Gasteiger partial charge in [-0.3, -0.25) is 19.9 Å². The minimum atomic E-state index is -0.593. The number of benzene rings is 1. The molecule has 1 aromatic heterocycles. The standard InChI is InChI=1S/C15H12N4O3/c1-10-14(6-13(9-17-10)19(21)22)15(20)18-8-12-4-2-11(7-16)3-5-12/h2-6,9H,8H2,1H3,(H,18,20). The van der Waals surface area contributed by atoms with E-state index in [0.29, 0.717) is 11.3 Å². The van der Waals surface area contributed by atoms with Crippen LogP contribution in [0.5, 0.6) is 0 Å². The number of aryl methyl sites for hydroxylation is 1. The van der Waals surface area contributed by atoms with E-state index in [1.165, 1.54) is 6.07 Å². The van der Waals surface area contributed by atoms with E-state index in [2.05, 4.69) is 10.3 Å². The van der Waals surface area contributed by atoms with E-state index in [1.54, 1.807) is 31.2 Å². The van der Waals surface area contributed by atoms with E-state index in [-0.39, 0.29) is 17.8 Å². The van der Waals surface area contributed by atoms with Gasteiger partial charge in [-0.1, -0.05) is 12.1 Å². The van der Waals surface area contributed by atoms with Crippen LogP contribution in [0.1, 0.15) is 27.2 Å². The first-order chi connectivity index (χ1) is 10.5. The maximum absolute atomic E-state index is 12.1. The van der Waals surface area contributed by atoms with Crippen LogP contribution in [0.25, 0.3) is 0 Å². The molecular formula is C15H12N4O3. The first-order valence-corrected chi connectivity index (χ1v) is 6.39. The molecule has 0 aliphatic heterocycles.